The van der Waals surface area contributed by atoms with E-state index in [-0.39, 0.29) is 11.3 Å². The Morgan fingerprint density at radius 1 is 0.436 bits per heavy atom. The molecule has 0 saturated carbocycles. The molecule has 3 heteroatoms. The molecule has 0 spiro atoms. The summed E-state index contributed by atoms with van der Waals surface area (Å²) in [7, 11) is 0. The van der Waals surface area contributed by atoms with Crippen LogP contribution in [0.4, 0.5) is 0 Å². The van der Waals surface area contributed by atoms with E-state index in [0.717, 1.165) is 27.6 Å². The van der Waals surface area contributed by atoms with Gasteiger partial charge in [-0.05, 0) is 75.2 Å². The van der Waals surface area contributed by atoms with E-state index in [2.05, 4.69) is 184 Å². The van der Waals surface area contributed by atoms with Crippen molar-refractivity contribution in [3.05, 3.63) is 221 Å². The second kappa shape index (κ2) is 13.3. The van der Waals surface area contributed by atoms with Gasteiger partial charge in [0.1, 0.15) is 0 Å². The summed E-state index contributed by atoms with van der Waals surface area (Å²) in [5, 5.41) is 2.34. The van der Waals surface area contributed by atoms with Crippen LogP contribution in [-0.4, -0.2) is 15.0 Å². The van der Waals surface area contributed by atoms with Gasteiger partial charge in [0.2, 0.25) is 0 Å². The summed E-state index contributed by atoms with van der Waals surface area (Å²) >= 11 is 0. The zero-order valence-corrected chi connectivity index (χ0v) is 30.9. The van der Waals surface area contributed by atoms with Crippen LogP contribution in [0.1, 0.15) is 39.3 Å². The zero-order valence-electron chi connectivity index (χ0n) is 30.9. The monoisotopic (exact) mass is 705 g/mol. The average molecular weight is 706 g/mol. The maximum atomic E-state index is 5.07. The zero-order chi connectivity index (χ0) is 36.9. The first-order chi connectivity index (χ1) is 27.1. The van der Waals surface area contributed by atoms with Crippen LogP contribution in [-0.2, 0) is 5.41 Å². The predicted octanol–water partition coefficient (Wildman–Crippen LogP) is 12.5. The molecule has 0 amide bonds. The minimum absolute atomic E-state index is 0.256. The normalized spacial score (nSPS) is 18.3. The third-order valence-corrected chi connectivity index (χ3v) is 11.8. The highest BCUT2D eigenvalue weighted by Crippen LogP contribution is 2.60. The third kappa shape index (κ3) is 5.38. The molecule has 0 radical (unpaired) electrons. The fraction of sp³-hybridized carbons (Fsp3) is 0.0962. The summed E-state index contributed by atoms with van der Waals surface area (Å²) in [4.78, 5) is 15.1. The van der Waals surface area contributed by atoms with Crippen molar-refractivity contribution < 1.29 is 0 Å². The van der Waals surface area contributed by atoms with E-state index in [1.807, 2.05) is 18.2 Å². The topological polar surface area (TPSA) is 38.7 Å². The van der Waals surface area contributed by atoms with Gasteiger partial charge in [-0.15, -0.1) is 0 Å². The number of rotatable bonds is 6. The Bertz CT molecular complexity index is 2800. The fourth-order valence-electron chi connectivity index (χ4n) is 9.31. The molecule has 0 saturated heterocycles. The van der Waals surface area contributed by atoms with Crippen molar-refractivity contribution in [1.29, 1.82) is 0 Å². The Balaban J connectivity index is 1.10. The summed E-state index contributed by atoms with van der Waals surface area (Å²) in [6.07, 6.45) is 9.31. The SMILES string of the molecule is Cc1ccccc1C1(c2cccc(-c3ccc(-c4nc(-c5ccccc5)nc(-c5ccc6ccccc6c5)n4)cc3)c2C)c2ccccc2C2C=CC=CC21. The largest absolute Gasteiger partial charge is 0.208 e. The van der Waals surface area contributed by atoms with Gasteiger partial charge in [0.25, 0.3) is 0 Å². The van der Waals surface area contributed by atoms with Gasteiger partial charge in [-0.2, -0.15) is 0 Å². The molecular weight excluding hydrogens is 667 g/mol. The molecule has 3 nitrogen and oxygen atoms in total. The average Bonchev–Trinajstić information content (AvgIpc) is 3.54. The lowest BCUT2D eigenvalue weighted by Gasteiger charge is -2.41. The van der Waals surface area contributed by atoms with Crippen molar-refractivity contribution in [3.63, 3.8) is 0 Å². The summed E-state index contributed by atoms with van der Waals surface area (Å²) in [5.74, 6) is 2.53. The number of nitrogens with zero attached hydrogens (tertiary/aromatic N) is 3. The minimum Gasteiger partial charge on any atom is -0.208 e. The highest BCUT2D eigenvalue weighted by Gasteiger charge is 2.53. The van der Waals surface area contributed by atoms with Crippen LogP contribution in [0.25, 0.3) is 56.1 Å². The highest BCUT2D eigenvalue weighted by atomic mass is 15.0. The van der Waals surface area contributed by atoms with Crippen LogP contribution in [0.5, 0.6) is 0 Å². The van der Waals surface area contributed by atoms with Gasteiger partial charge in [-0.1, -0.05) is 182 Å². The van der Waals surface area contributed by atoms with E-state index in [1.54, 1.807) is 0 Å². The number of hydrogen-bond donors (Lipinski definition) is 0. The number of hydrogen-bond acceptors (Lipinski definition) is 3. The Labute approximate surface area is 322 Å². The van der Waals surface area contributed by atoms with Gasteiger partial charge in [-0.3, -0.25) is 0 Å². The van der Waals surface area contributed by atoms with Crippen molar-refractivity contribution >= 4 is 10.8 Å². The Hall–Kier alpha value is -6.71. The van der Waals surface area contributed by atoms with E-state index < -0.39 is 0 Å². The van der Waals surface area contributed by atoms with Crippen LogP contribution in [0, 0.1) is 19.8 Å². The van der Waals surface area contributed by atoms with E-state index >= 15 is 0 Å². The van der Waals surface area contributed by atoms with Crippen LogP contribution < -0.4 is 0 Å². The van der Waals surface area contributed by atoms with Gasteiger partial charge in [0, 0.05) is 28.5 Å². The summed E-state index contributed by atoms with van der Waals surface area (Å²) in [5.41, 5.74) is 13.1. The molecule has 0 aliphatic heterocycles. The molecule has 0 fully saturated rings. The molecule has 1 aromatic heterocycles. The van der Waals surface area contributed by atoms with Crippen molar-refractivity contribution in [2.24, 2.45) is 5.92 Å². The van der Waals surface area contributed by atoms with Crippen molar-refractivity contribution in [2.75, 3.05) is 0 Å². The second-order valence-electron chi connectivity index (χ2n) is 14.8. The smallest absolute Gasteiger partial charge is 0.164 e. The molecule has 2 aliphatic carbocycles. The molecule has 3 unspecified atom stereocenters. The highest BCUT2D eigenvalue weighted by molar-refractivity contribution is 5.86. The van der Waals surface area contributed by atoms with Crippen molar-refractivity contribution in [3.8, 4) is 45.3 Å². The first-order valence-electron chi connectivity index (χ1n) is 19.1. The quantitative estimate of drug-likeness (QED) is 0.173. The molecule has 55 heavy (non-hydrogen) atoms. The van der Waals surface area contributed by atoms with Gasteiger partial charge in [0.15, 0.2) is 17.5 Å². The second-order valence-corrected chi connectivity index (χ2v) is 14.8. The van der Waals surface area contributed by atoms with Gasteiger partial charge >= 0.3 is 0 Å². The standard InChI is InChI=1S/C52H39N3/c1-34-15-6-11-23-45(34)52(47-24-12-9-20-43(47)44-21-10-13-25-48(44)52)46-26-14-22-42(35(46)2)37-28-30-39(31-29-37)50-53-49(38-17-4-3-5-18-38)54-51(55-50)41-32-27-36-16-7-8-19-40(36)33-41/h3-33,43,47H,1-2H3. The summed E-state index contributed by atoms with van der Waals surface area (Å²) in [6.45, 7) is 4.58. The summed E-state index contributed by atoms with van der Waals surface area (Å²) in [6, 6.07) is 58.7. The van der Waals surface area contributed by atoms with Crippen molar-refractivity contribution in [1.82, 2.24) is 15.0 Å². The lowest BCUT2D eigenvalue weighted by Crippen LogP contribution is -2.36. The van der Waals surface area contributed by atoms with Gasteiger partial charge < -0.3 is 0 Å². The predicted molar refractivity (Wildman–Crippen MR) is 226 cm³/mol. The van der Waals surface area contributed by atoms with Crippen LogP contribution in [0.3, 0.4) is 0 Å². The van der Waals surface area contributed by atoms with E-state index in [0.29, 0.717) is 23.4 Å². The van der Waals surface area contributed by atoms with Crippen molar-refractivity contribution in [2.45, 2.75) is 25.2 Å². The van der Waals surface area contributed by atoms with Crippen LogP contribution in [0.2, 0.25) is 0 Å². The van der Waals surface area contributed by atoms with Crippen LogP contribution in [0.15, 0.2) is 188 Å². The number of aryl methyl sites for hydroxylation is 1. The minimum atomic E-state index is -0.341. The number of allylic oxidation sites excluding steroid dienone is 4. The first kappa shape index (κ1) is 32.9. The van der Waals surface area contributed by atoms with Crippen LogP contribution >= 0.6 is 0 Å². The maximum Gasteiger partial charge on any atom is 0.164 e. The summed E-state index contributed by atoms with van der Waals surface area (Å²) < 4.78 is 0. The van der Waals surface area contributed by atoms with E-state index in [9.17, 15) is 0 Å². The lowest BCUT2D eigenvalue weighted by atomic mass is 9.61. The maximum absolute atomic E-state index is 5.07. The first-order valence-corrected chi connectivity index (χ1v) is 19.1. The molecule has 8 aromatic rings. The molecule has 0 N–H and O–H groups in total. The Morgan fingerprint density at radius 3 is 1.80 bits per heavy atom. The number of fused-ring (bicyclic) bond motifs is 4. The molecule has 0 bridgehead atoms. The fourth-order valence-corrected chi connectivity index (χ4v) is 9.31. The van der Waals surface area contributed by atoms with Gasteiger partial charge in [0.05, 0.1) is 5.41 Å². The number of aromatic nitrogens is 3. The van der Waals surface area contributed by atoms with E-state index in [1.165, 1.54) is 44.3 Å². The Morgan fingerprint density at radius 2 is 1.02 bits per heavy atom. The molecule has 10 rings (SSSR count). The van der Waals surface area contributed by atoms with E-state index in [4.69, 9.17) is 15.0 Å². The molecule has 1 heterocycles. The number of benzene rings is 7. The molecule has 262 valence electrons. The molecule has 3 atom stereocenters. The molecular formula is C52H39N3. The third-order valence-electron chi connectivity index (χ3n) is 11.8. The Kier molecular flexibility index (Phi) is 7.96. The van der Waals surface area contributed by atoms with Gasteiger partial charge in [-0.25, -0.2) is 15.0 Å². The molecule has 2 aliphatic rings. The molecule has 7 aromatic carbocycles. The lowest BCUT2D eigenvalue weighted by molar-refractivity contribution is 0.453.